The van der Waals surface area contributed by atoms with Gasteiger partial charge in [-0.3, -0.25) is 4.79 Å². The zero-order valence-corrected chi connectivity index (χ0v) is 18.5. The number of hydrogen-bond acceptors (Lipinski definition) is 5. The number of primary amides is 1. The molecule has 2 unspecified atom stereocenters. The van der Waals surface area contributed by atoms with Gasteiger partial charge in [-0.1, -0.05) is 12.1 Å². The van der Waals surface area contributed by atoms with Crippen LogP contribution in [-0.2, 0) is 4.79 Å². The van der Waals surface area contributed by atoms with E-state index in [2.05, 4.69) is 15.0 Å². The van der Waals surface area contributed by atoms with Crippen LogP contribution in [0.3, 0.4) is 0 Å². The molecule has 0 heterocycles. The van der Waals surface area contributed by atoms with Crippen molar-refractivity contribution in [2.45, 2.75) is 64.0 Å². The van der Waals surface area contributed by atoms with Gasteiger partial charge in [-0.15, -0.1) is 13.2 Å². The Labute approximate surface area is 190 Å². The molecule has 5 rings (SSSR count). The highest BCUT2D eigenvalue weighted by atomic mass is 19.4. The minimum Gasteiger partial charge on any atom is -0.476 e. The number of amides is 1. The highest BCUT2D eigenvalue weighted by Crippen LogP contribution is 2.60. The normalized spacial score (nSPS) is 31.1. The summed E-state index contributed by atoms with van der Waals surface area (Å²) in [6.07, 6.45) is 1.05. The average molecular weight is 464 g/mol. The van der Waals surface area contributed by atoms with Gasteiger partial charge in [-0.2, -0.15) is 10.3 Å². The highest BCUT2D eigenvalue weighted by Gasteiger charge is 2.58. The van der Waals surface area contributed by atoms with Crippen LogP contribution in [0.2, 0.25) is 0 Å². The first kappa shape index (κ1) is 23.2. The third-order valence-corrected chi connectivity index (χ3v) is 7.27. The van der Waals surface area contributed by atoms with Crippen molar-refractivity contribution in [1.82, 2.24) is 5.32 Å². The minimum atomic E-state index is -4.87. The van der Waals surface area contributed by atoms with E-state index in [0.29, 0.717) is 18.8 Å². The van der Waals surface area contributed by atoms with Gasteiger partial charge in [-0.05, 0) is 75.8 Å². The first-order valence-electron chi connectivity index (χ1n) is 11.0. The summed E-state index contributed by atoms with van der Waals surface area (Å²) in [4.78, 5) is 16.1. The van der Waals surface area contributed by atoms with E-state index in [1.54, 1.807) is 20.0 Å². The van der Waals surface area contributed by atoms with E-state index in [-0.39, 0.29) is 35.4 Å². The van der Waals surface area contributed by atoms with Crippen LogP contribution in [0, 0.1) is 34.6 Å². The Morgan fingerprint density at radius 3 is 2.24 bits per heavy atom. The number of hydrogen-bond donors (Lipinski definition) is 2. The lowest BCUT2D eigenvalue weighted by atomic mass is 9.47. The van der Waals surface area contributed by atoms with E-state index in [9.17, 15) is 23.2 Å². The number of carbonyl (C=O) groups excluding carboxylic acids is 1. The third kappa shape index (κ3) is 4.59. The maximum Gasteiger partial charge on any atom is 0.573 e. The number of carbonyl (C=O) groups is 1. The molecule has 0 aromatic heterocycles. The predicted octanol–water partition coefficient (Wildman–Crippen LogP) is 3.89. The second-order valence-electron chi connectivity index (χ2n) is 9.95. The van der Waals surface area contributed by atoms with E-state index in [1.807, 2.05) is 0 Å². The number of alkyl halides is 3. The maximum atomic E-state index is 12.8. The van der Waals surface area contributed by atoms with Crippen molar-refractivity contribution in [3.8, 4) is 17.7 Å². The van der Waals surface area contributed by atoms with E-state index in [4.69, 9.17) is 10.5 Å². The Morgan fingerprint density at radius 1 is 1.15 bits per heavy atom. The van der Waals surface area contributed by atoms with Gasteiger partial charge < -0.3 is 20.5 Å². The molecule has 4 aliphatic rings. The molecule has 33 heavy (non-hydrogen) atoms. The monoisotopic (exact) mass is 464 g/mol. The fraction of sp³-hybridized carbons (Fsp3) is 0.609. The van der Waals surface area contributed by atoms with Crippen molar-refractivity contribution in [2.75, 3.05) is 0 Å². The molecule has 4 bridgehead atoms. The molecule has 1 aromatic carbocycles. The molecule has 178 valence electrons. The van der Waals surface area contributed by atoms with Crippen LogP contribution in [0.5, 0.6) is 11.5 Å². The predicted molar refractivity (Wildman–Crippen MR) is 113 cm³/mol. The molecule has 2 atom stereocenters. The summed E-state index contributed by atoms with van der Waals surface area (Å²) in [5.41, 5.74) is 4.05. The number of para-hydroxylation sites is 2. The molecule has 4 saturated carbocycles. The number of benzene rings is 1. The number of nitrogens with two attached hydrogens (primary N) is 1. The van der Waals surface area contributed by atoms with Gasteiger partial charge in [0.05, 0.1) is 0 Å². The van der Waals surface area contributed by atoms with Crippen LogP contribution in [-0.4, -0.2) is 29.7 Å². The number of halogens is 3. The summed E-state index contributed by atoms with van der Waals surface area (Å²) >= 11 is 0. The topological polar surface area (TPSA) is 110 Å². The smallest absolute Gasteiger partial charge is 0.476 e. The Bertz CT molecular complexity index is 985. The lowest BCUT2D eigenvalue weighted by Gasteiger charge is -2.59. The summed E-state index contributed by atoms with van der Waals surface area (Å²) in [7, 11) is 0. The van der Waals surface area contributed by atoms with Crippen molar-refractivity contribution >= 4 is 11.7 Å². The minimum absolute atomic E-state index is 0.0225. The fourth-order valence-electron chi connectivity index (χ4n) is 6.18. The zero-order chi connectivity index (χ0) is 24.0. The molecule has 4 aliphatic carbocycles. The van der Waals surface area contributed by atoms with Crippen LogP contribution < -0.4 is 20.5 Å². The fourth-order valence-corrected chi connectivity index (χ4v) is 6.18. The molecule has 0 spiro atoms. The van der Waals surface area contributed by atoms with E-state index >= 15 is 0 Å². The quantitative estimate of drug-likeness (QED) is 0.377. The Morgan fingerprint density at radius 2 is 1.73 bits per heavy atom. The van der Waals surface area contributed by atoms with Gasteiger partial charge in [0.1, 0.15) is 0 Å². The molecular formula is C23H27F3N4O3. The summed E-state index contributed by atoms with van der Waals surface area (Å²) in [6, 6.07) is 5.45. The first-order chi connectivity index (χ1) is 15.4. The zero-order valence-electron chi connectivity index (χ0n) is 18.5. The number of nitrogens with one attached hydrogen (secondary N) is 1. The molecule has 10 heteroatoms. The van der Waals surface area contributed by atoms with Gasteiger partial charge >= 0.3 is 6.36 Å². The van der Waals surface area contributed by atoms with Crippen molar-refractivity contribution in [3.63, 3.8) is 0 Å². The molecular weight excluding hydrogens is 437 g/mol. The lowest BCUT2D eigenvalue weighted by Crippen LogP contribution is -2.64. The van der Waals surface area contributed by atoms with Crippen molar-refractivity contribution < 1.29 is 27.4 Å². The summed E-state index contributed by atoms with van der Waals surface area (Å²) < 4.78 is 48.4. The Balaban J connectivity index is 1.55. The molecule has 4 fully saturated rings. The van der Waals surface area contributed by atoms with E-state index in [0.717, 1.165) is 25.3 Å². The van der Waals surface area contributed by atoms with Gasteiger partial charge in [-0.25, -0.2) is 0 Å². The molecule has 0 aliphatic heterocycles. The average Bonchev–Trinajstić information content (AvgIpc) is 2.69. The van der Waals surface area contributed by atoms with Gasteiger partial charge in [0.2, 0.25) is 12.1 Å². The number of aliphatic imine (C=N–C) groups is 1. The van der Waals surface area contributed by atoms with E-state index in [1.165, 1.54) is 18.2 Å². The van der Waals surface area contributed by atoms with Crippen LogP contribution in [0.15, 0.2) is 29.3 Å². The second-order valence-corrected chi connectivity index (χ2v) is 9.95. The molecule has 1 amide bonds. The number of rotatable bonds is 6. The molecule has 3 N–H and O–H groups in total. The molecule has 0 radical (unpaired) electrons. The standard InChI is InChI=1S/C23H27F3N4O3/c1-21(2,32-16-5-3-4-6-17(16)33-23(24,25)26)20(29-12-27)30-18-14-7-13-8-15(18)11-22(9-13,10-14)19(28)31/h3-6,13-15,18H,7-11H2,1-2H3,(H2,28,31)(H,29,30). The van der Waals surface area contributed by atoms with Gasteiger partial charge in [0, 0.05) is 11.5 Å². The van der Waals surface area contributed by atoms with Crippen LogP contribution in [0.1, 0.15) is 46.0 Å². The SMILES string of the molecule is CC(C)(Oc1ccccc1OC(F)(F)F)/C(=N\C#N)NC1C2CC3CC1CC(C(N)=O)(C3)C2. The van der Waals surface area contributed by atoms with Crippen molar-refractivity contribution in [1.29, 1.82) is 5.26 Å². The maximum absolute atomic E-state index is 12.8. The first-order valence-corrected chi connectivity index (χ1v) is 11.0. The Kier molecular flexibility index (Phi) is 5.71. The highest BCUT2D eigenvalue weighted by molar-refractivity contribution is 5.91. The molecule has 0 saturated heterocycles. The molecule has 7 nitrogen and oxygen atoms in total. The van der Waals surface area contributed by atoms with Gasteiger partial charge in [0.25, 0.3) is 0 Å². The second kappa shape index (κ2) is 8.12. The number of ether oxygens (including phenoxy) is 2. The largest absolute Gasteiger partial charge is 0.573 e. The Hall–Kier alpha value is -2.96. The third-order valence-electron chi connectivity index (χ3n) is 7.27. The lowest BCUT2D eigenvalue weighted by molar-refractivity contribution is -0.275. The van der Waals surface area contributed by atoms with Crippen molar-refractivity contribution in [2.24, 2.45) is 33.9 Å². The number of nitrogens with zero attached hydrogens (tertiary/aromatic N) is 2. The van der Waals surface area contributed by atoms with Gasteiger partial charge in [0.15, 0.2) is 22.9 Å². The van der Waals surface area contributed by atoms with Crippen molar-refractivity contribution in [3.05, 3.63) is 24.3 Å². The summed E-state index contributed by atoms with van der Waals surface area (Å²) in [5, 5.41) is 12.7. The molecule has 1 aromatic rings. The van der Waals surface area contributed by atoms with Crippen LogP contribution >= 0.6 is 0 Å². The summed E-state index contributed by atoms with van der Waals surface area (Å²) in [6.45, 7) is 3.25. The number of nitriles is 1. The van der Waals surface area contributed by atoms with E-state index < -0.39 is 23.1 Å². The number of amidine groups is 1. The van der Waals surface area contributed by atoms with Crippen LogP contribution in [0.4, 0.5) is 13.2 Å². The van der Waals surface area contributed by atoms with Crippen LogP contribution in [0.25, 0.3) is 0 Å². The summed E-state index contributed by atoms with van der Waals surface area (Å²) in [5.74, 6) is 0.236.